The Balaban J connectivity index is 2.53. The molecular weight excluding hydrogens is 114 g/mol. The summed E-state index contributed by atoms with van der Waals surface area (Å²) in [6, 6.07) is 0. The first kappa shape index (κ1) is 3.35. The van der Waals surface area contributed by atoms with Crippen LogP contribution in [0.5, 0.6) is 0 Å². The molecule has 0 aromatic rings. The number of ether oxygens (including phenoxy) is 1. The van der Waals surface area contributed by atoms with E-state index in [0.29, 0.717) is 0 Å². The van der Waals surface area contributed by atoms with Gasteiger partial charge < -0.3 is 4.74 Å². The zero-order chi connectivity index (χ0) is 10.0. The minimum absolute atomic E-state index is 0.273. The molecule has 1 aliphatic rings. The molecule has 0 amide bonds. The van der Waals surface area contributed by atoms with Crippen LogP contribution in [-0.2, 0) is 4.74 Å². The Hall–Kier alpha value is -0.0800. The molecule has 0 aromatic heterocycles. The van der Waals surface area contributed by atoms with Gasteiger partial charge in [-0.05, 0) is 19.8 Å². The van der Waals surface area contributed by atoms with Crippen molar-refractivity contribution in [2.45, 2.75) is 31.7 Å². The summed E-state index contributed by atoms with van der Waals surface area (Å²) in [5, 5.41) is 2.75. The third-order valence-corrected chi connectivity index (χ3v) is 1.13. The molecule has 1 saturated carbocycles. The lowest BCUT2D eigenvalue weighted by atomic mass is 10.3. The number of hydrogen-bond acceptors (Lipinski definition) is 2. The fourth-order valence-electron chi connectivity index (χ4n) is 0.702. The van der Waals surface area contributed by atoms with Crippen molar-refractivity contribution >= 4 is 0 Å². The number of hydrogen-bond donors (Lipinski definition) is 1. The molecule has 0 aromatic carbocycles. The fraction of sp³-hybridized carbons (Fsp3) is 1.00. The summed E-state index contributed by atoms with van der Waals surface area (Å²) in [6.07, 6.45) is -3.76. The molecule has 1 rings (SSSR count). The second-order valence-corrected chi connectivity index (χ2v) is 1.90. The van der Waals surface area contributed by atoms with Gasteiger partial charge in [0.2, 0.25) is 0 Å². The van der Waals surface area contributed by atoms with E-state index in [1.54, 1.807) is 7.05 Å². The van der Waals surface area contributed by atoms with E-state index in [-0.39, 0.29) is 6.73 Å². The van der Waals surface area contributed by atoms with Crippen molar-refractivity contribution in [1.82, 2.24) is 5.32 Å². The van der Waals surface area contributed by atoms with E-state index < -0.39 is 31.7 Å². The average Bonchev–Trinajstić information content (AvgIpc) is 2.30. The summed E-state index contributed by atoms with van der Waals surface area (Å²) >= 11 is 0. The SMILES string of the molecule is [2H]C1C([2H])C([2H])C(OCNC)C1[2H]. The van der Waals surface area contributed by atoms with E-state index in [1.807, 2.05) is 0 Å². The van der Waals surface area contributed by atoms with Crippen molar-refractivity contribution in [2.24, 2.45) is 0 Å². The lowest BCUT2D eigenvalue weighted by Gasteiger charge is -2.08. The van der Waals surface area contributed by atoms with Gasteiger partial charge in [0, 0.05) is 5.48 Å². The molecule has 9 heavy (non-hydrogen) atoms. The van der Waals surface area contributed by atoms with Gasteiger partial charge in [-0.1, -0.05) is 12.8 Å². The predicted octanol–water partition coefficient (Wildman–Crippen LogP) is 1.12. The summed E-state index contributed by atoms with van der Waals surface area (Å²) in [5.41, 5.74) is 0. The van der Waals surface area contributed by atoms with Gasteiger partial charge in [-0.15, -0.1) is 0 Å². The molecule has 0 heterocycles. The van der Waals surface area contributed by atoms with Crippen LogP contribution in [-0.4, -0.2) is 19.9 Å². The third kappa shape index (κ3) is 2.33. The van der Waals surface area contributed by atoms with E-state index in [0.717, 1.165) is 0 Å². The maximum Gasteiger partial charge on any atom is 0.0966 e. The average molecular weight is 133 g/mol. The van der Waals surface area contributed by atoms with Crippen LogP contribution in [0.25, 0.3) is 0 Å². The molecule has 1 fully saturated rings. The van der Waals surface area contributed by atoms with Crippen LogP contribution >= 0.6 is 0 Å². The van der Waals surface area contributed by atoms with Crippen LogP contribution in [0.4, 0.5) is 0 Å². The van der Waals surface area contributed by atoms with Crippen LogP contribution < -0.4 is 5.32 Å². The number of rotatable bonds is 3. The highest BCUT2D eigenvalue weighted by Gasteiger charge is 2.13. The van der Waals surface area contributed by atoms with Gasteiger partial charge in [0.15, 0.2) is 0 Å². The first-order valence-electron chi connectivity index (χ1n) is 5.35. The highest BCUT2D eigenvalue weighted by Crippen LogP contribution is 2.20. The zero-order valence-electron chi connectivity index (χ0n) is 9.50. The Morgan fingerprint density at radius 1 is 1.67 bits per heavy atom. The summed E-state index contributed by atoms with van der Waals surface area (Å²) < 4.78 is 35.2. The van der Waals surface area contributed by atoms with Crippen LogP contribution in [0, 0.1) is 0 Å². The normalized spacial score (nSPS) is 66.1. The van der Waals surface area contributed by atoms with Crippen LogP contribution in [0.2, 0.25) is 0 Å². The van der Waals surface area contributed by atoms with Gasteiger partial charge in [-0.25, -0.2) is 0 Å². The van der Waals surface area contributed by atoms with Gasteiger partial charge in [-0.3, -0.25) is 5.32 Å². The van der Waals surface area contributed by atoms with Gasteiger partial charge in [0.1, 0.15) is 0 Å². The molecule has 54 valence electrons. The van der Waals surface area contributed by atoms with Crippen molar-refractivity contribution in [3.63, 3.8) is 0 Å². The summed E-state index contributed by atoms with van der Waals surface area (Å²) in [7, 11) is 1.71. The van der Waals surface area contributed by atoms with Gasteiger partial charge in [0.25, 0.3) is 0 Å². The largest absolute Gasteiger partial charge is 0.363 e. The molecule has 0 spiro atoms. The quantitative estimate of drug-likeness (QED) is 0.582. The van der Waals surface area contributed by atoms with Crippen LogP contribution in [0.15, 0.2) is 0 Å². The van der Waals surface area contributed by atoms with Gasteiger partial charge in [-0.2, -0.15) is 0 Å². The molecule has 2 heteroatoms. The molecule has 0 radical (unpaired) electrons. The molecule has 0 saturated heterocycles. The van der Waals surface area contributed by atoms with E-state index in [9.17, 15) is 0 Å². The van der Waals surface area contributed by atoms with E-state index >= 15 is 0 Å². The van der Waals surface area contributed by atoms with Crippen molar-refractivity contribution < 1.29 is 10.2 Å². The summed E-state index contributed by atoms with van der Waals surface area (Å²) in [4.78, 5) is 0. The first-order valence-corrected chi connectivity index (χ1v) is 3.04. The van der Waals surface area contributed by atoms with E-state index in [1.165, 1.54) is 0 Å². The molecule has 1 N–H and O–H groups in total. The molecule has 2 nitrogen and oxygen atoms in total. The Bertz CT molecular complexity index is 157. The van der Waals surface area contributed by atoms with Gasteiger partial charge >= 0.3 is 0 Å². The fourth-order valence-corrected chi connectivity index (χ4v) is 0.702. The molecule has 0 bridgehead atoms. The minimum Gasteiger partial charge on any atom is -0.363 e. The maximum absolute atomic E-state index is 7.55. The molecule has 4 unspecified atom stereocenters. The summed E-state index contributed by atoms with van der Waals surface area (Å²) in [5.74, 6) is 0. The zero-order valence-corrected chi connectivity index (χ0v) is 5.50. The first-order chi connectivity index (χ1) is 6.09. The van der Waals surface area contributed by atoms with Gasteiger partial charge in [0.05, 0.1) is 12.8 Å². The van der Waals surface area contributed by atoms with Crippen LogP contribution in [0.1, 0.15) is 31.1 Å². The monoisotopic (exact) mass is 133 g/mol. The van der Waals surface area contributed by atoms with E-state index in [2.05, 4.69) is 5.32 Å². The van der Waals surface area contributed by atoms with Crippen molar-refractivity contribution in [3.05, 3.63) is 0 Å². The molecule has 1 aliphatic carbocycles. The third-order valence-electron chi connectivity index (χ3n) is 1.13. The van der Waals surface area contributed by atoms with Crippen molar-refractivity contribution in [3.8, 4) is 0 Å². The van der Waals surface area contributed by atoms with Crippen molar-refractivity contribution in [2.75, 3.05) is 13.8 Å². The topological polar surface area (TPSA) is 21.3 Å². The van der Waals surface area contributed by atoms with Crippen molar-refractivity contribution in [1.29, 1.82) is 0 Å². The lowest BCUT2D eigenvalue weighted by Crippen LogP contribution is -2.17. The predicted molar refractivity (Wildman–Crippen MR) is 37.3 cm³/mol. The molecule has 0 aliphatic heterocycles. The smallest absolute Gasteiger partial charge is 0.0966 e. The second-order valence-electron chi connectivity index (χ2n) is 1.90. The molecular formula is C7H15NO. The highest BCUT2D eigenvalue weighted by atomic mass is 16.5. The Morgan fingerprint density at radius 3 is 2.89 bits per heavy atom. The number of nitrogens with one attached hydrogen (secondary N) is 1. The van der Waals surface area contributed by atoms with E-state index in [4.69, 9.17) is 10.2 Å². The minimum atomic E-state index is -0.815. The second kappa shape index (κ2) is 3.85. The standard InChI is InChI=1S/C7H15NO/c1-8-6-9-7-4-2-3-5-7/h7-8H,2-6H2,1H3/i2D,3D,4D,5D. The Labute approximate surface area is 62.2 Å². The Morgan fingerprint density at radius 2 is 2.33 bits per heavy atom. The summed E-state index contributed by atoms with van der Waals surface area (Å²) in [6.45, 7) is 0.273. The lowest BCUT2D eigenvalue weighted by molar-refractivity contribution is 0.0490. The van der Waals surface area contributed by atoms with Crippen LogP contribution in [0.3, 0.4) is 0 Å². The maximum atomic E-state index is 7.55. The highest BCUT2D eigenvalue weighted by molar-refractivity contribution is 4.65. The molecule has 4 atom stereocenters. The Kier molecular flexibility index (Phi) is 1.44.